The van der Waals surface area contributed by atoms with E-state index in [9.17, 15) is 5.11 Å². The molecule has 1 aromatic rings. The van der Waals surface area contributed by atoms with Gasteiger partial charge in [-0.1, -0.05) is 30.1 Å². The average molecular weight is 260 g/mol. The Morgan fingerprint density at radius 3 is 2.69 bits per heavy atom. The van der Waals surface area contributed by atoms with Gasteiger partial charge in [-0.15, -0.1) is 0 Å². The molecule has 88 valence electrons. The van der Waals surface area contributed by atoms with Crippen LogP contribution in [0.4, 0.5) is 5.69 Å². The van der Waals surface area contributed by atoms with Crippen LogP contribution in [0.2, 0.25) is 10.0 Å². The highest BCUT2D eigenvalue weighted by molar-refractivity contribution is 6.38. The Hall–Kier alpha value is -0.600. The van der Waals surface area contributed by atoms with Gasteiger partial charge >= 0.3 is 0 Å². The van der Waals surface area contributed by atoms with Crippen molar-refractivity contribution in [3.63, 3.8) is 0 Å². The van der Waals surface area contributed by atoms with Crippen molar-refractivity contribution in [3.05, 3.63) is 21.7 Å². The number of fused-ring (bicyclic) bond motifs is 1. The second kappa shape index (κ2) is 3.71. The van der Waals surface area contributed by atoms with E-state index >= 15 is 0 Å². The molecule has 1 atom stereocenters. The molecule has 0 aromatic heterocycles. The Bertz CT molecular complexity index is 443. The number of nitrogens with one attached hydrogen (secondary N) is 1. The van der Waals surface area contributed by atoms with Crippen LogP contribution in [0.5, 0.6) is 5.75 Å². The molecule has 1 aromatic carbocycles. The van der Waals surface area contributed by atoms with Crippen molar-refractivity contribution in [2.24, 2.45) is 0 Å². The van der Waals surface area contributed by atoms with Gasteiger partial charge in [0.05, 0.1) is 10.0 Å². The molecule has 1 heterocycles. The summed E-state index contributed by atoms with van der Waals surface area (Å²) in [5, 5.41) is 13.8. The molecule has 0 bridgehead atoms. The Kier molecular flexibility index (Phi) is 2.75. The zero-order valence-electron chi connectivity index (χ0n) is 9.56. The van der Waals surface area contributed by atoms with Crippen molar-refractivity contribution in [1.82, 2.24) is 0 Å². The molecule has 2 rings (SSSR count). The zero-order valence-corrected chi connectivity index (χ0v) is 11.1. The van der Waals surface area contributed by atoms with Gasteiger partial charge in [-0.2, -0.15) is 0 Å². The first-order valence-corrected chi connectivity index (χ1v) is 6.06. The first kappa shape index (κ1) is 11.9. The van der Waals surface area contributed by atoms with Crippen LogP contribution < -0.4 is 5.32 Å². The maximum atomic E-state index is 9.72. The lowest BCUT2D eigenvalue weighted by molar-refractivity contribution is 0.446. The Labute approximate surface area is 106 Å². The standard InChI is InChI=1S/C12H15Cl2NO/c1-6-5-12(2,3)15-8-4-7(13)11(16)10(14)9(6)8/h4,6,15-16H,5H2,1-3H3. The van der Waals surface area contributed by atoms with Crippen molar-refractivity contribution in [3.8, 4) is 5.75 Å². The third kappa shape index (κ3) is 1.85. The van der Waals surface area contributed by atoms with Crippen LogP contribution in [-0.2, 0) is 0 Å². The molecule has 0 aliphatic carbocycles. The summed E-state index contributed by atoms with van der Waals surface area (Å²) in [5.41, 5.74) is 1.91. The number of rotatable bonds is 0. The van der Waals surface area contributed by atoms with Gasteiger partial charge in [0, 0.05) is 16.8 Å². The van der Waals surface area contributed by atoms with Crippen LogP contribution in [0.15, 0.2) is 6.07 Å². The summed E-state index contributed by atoms with van der Waals surface area (Å²) in [6.45, 7) is 6.39. The second-order valence-corrected chi connectivity index (χ2v) is 5.88. The maximum Gasteiger partial charge on any atom is 0.153 e. The molecule has 1 unspecified atom stereocenters. The SMILES string of the molecule is CC1CC(C)(C)Nc2cc(Cl)c(O)c(Cl)c21. The average Bonchev–Trinajstić information content (AvgIpc) is 2.11. The highest BCUT2D eigenvalue weighted by Gasteiger charge is 2.32. The molecule has 2 N–H and O–H groups in total. The fraction of sp³-hybridized carbons (Fsp3) is 0.500. The molecular weight excluding hydrogens is 245 g/mol. The van der Waals surface area contributed by atoms with E-state index < -0.39 is 0 Å². The van der Waals surface area contributed by atoms with Crippen molar-refractivity contribution >= 4 is 28.9 Å². The van der Waals surface area contributed by atoms with E-state index in [0.29, 0.717) is 16.0 Å². The van der Waals surface area contributed by atoms with E-state index in [-0.39, 0.29) is 11.3 Å². The third-order valence-corrected chi connectivity index (χ3v) is 3.68. The van der Waals surface area contributed by atoms with Crippen molar-refractivity contribution in [1.29, 1.82) is 0 Å². The molecule has 0 fully saturated rings. The molecule has 4 heteroatoms. The van der Waals surface area contributed by atoms with Gasteiger partial charge in [0.15, 0.2) is 5.75 Å². The lowest BCUT2D eigenvalue weighted by Gasteiger charge is -2.38. The first-order valence-electron chi connectivity index (χ1n) is 5.31. The maximum absolute atomic E-state index is 9.72. The van der Waals surface area contributed by atoms with E-state index in [1.807, 2.05) is 0 Å². The molecule has 0 saturated carbocycles. The Balaban J connectivity index is 2.61. The zero-order chi connectivity index (χ0) is 12.1. The topological polar surface area (TPSA) is 32.3 Å². The van der Waals surface area contributed by atoms with Crippen molar-refractivity contribution in [2.45, 2.75) is 38.6 Å². The van der Waals surface area contributed by atoms with Crippen LogP contribution in [0.3, 0.4) is 0 Å². The minimum absolute atomic E-state index is 0.0181. The third-order valence-electron chi connectivity index (χ3n) is 3.01. The molecule has 1 aliphatic rings. The quantitative estimate of drug-likeness (QED) is 0.678. The fourth-order valence-electron chi connectivity index (χ4n) is 2.49. The first-order chi connectivity index (χ1) is 7.32. The number of phenols is 1. The second-order valence-electron chi connectivity index (χ2n) is 5.10. The molecule has 0 saturated heterocycles. The van der Waals surface area contributed by atoms with E-state index in [2.05, 4.69) is 26.1 Å². The summed E-state index contributed by atoms with van der Waals surface area (Å²) >= 11 is 12.0. The molecule has 1 aliphatic heterocycles. The summed E-state index contributed by atoms with van der Waals surface area (Å²) in [7, 11) is 0. The molecular formula is C12H15Cl2NO. The summed E-state index contributed by atoms with van der Waals surface area (Å²) in [6.07, 6.45) is 0.973. The molecule has 0 radical (unpaired) electrons. The molecule has 0 spiro atoms. The largest absolute Gasteiger partial charge is 0.505 e. The van der Waals surface area contributed by atoms with Crippen LogP contribution in [0.1, 0.15) is 38.7 Å². The minimum Gasteiger partial charge on any atom is -0.505 e. The molecule has 16 heavy (non-hydrogen) atoms. The number of benzene rings is 1. The lowest BCUT2D eigenvalue weighted by Crippen LogP contribution is -2.36. The van der Waals surface area contributed by atoms with Gasteiger partial charge in [0.1, 0.15) is 0 Å². The van der Waals surface area contributed by atoms with Crippen LogP contribution in [0.25, 0.3) is 0 Å². The monoisotopic (exact) mass is 259 g/mol. The Morgan fingerprint density at radius 2 is 2.06 bits per heavy atom. The number of phenolic OH excluding ortho intramolecular Hbond substituents is 1. The fourth-order valence-corrected chi connectivity index (χ4v) is 3.13. The summed E-state index contributed by atoms with van der Waals surface area (Å²) < 4.78 is 0. The normalized spacial score (nSPS) is 22.4. The highest BCUT2D eigenvalue weighted by atomic mass is 35.5. The number of hydrogen-bond donors (Lipinski definition) is 2. The van der Waals surface area contributed by atoms with Crippen LogP contribution >= 0.6 is 23.2 Å². The minimum atomic E-state index is -0.0181. The van der Waals surface area contributed by atoms with Crippen molar-refractivity contribution < 1.29 is 5.11 Å². The smallest absolute Gasteiger partial charge is 0.153 e. The molecule has 0 amide bonds. The predicted octanol–water partition coefficient (Wildman–Crippen LogP) is 4.40. The van der Waals surface area contributed by atoms with Gasteiger partial charge in [-0.3, -0.25) is 0 Å². The van der Waals surface area contributed by atoms with Crippen LogP contribution in [-0.4, -0.2) is 10.6 Å². The van der Waals surface area contributed by atoms with E-state index in [1.165, 1.54) is 0 Å². The van der Waals surface area contributed by atoms with Gasteiger partial charge < -0.3 is 10.4 Å². The summed E-state index contributed by atoms with van der Waals surface area (Å²) in [6, 6.07) is 1.75. The number of halogens is 2. The van der Waals surface area contributed by atoms with Crippen LogP contribution in [0, 0.1) is 0 Å². The highest BCUT2D eigenvalue weighted by Crippen LogP contribution is 2.47. The van der Waals surface area contributed by atoms with Gasteiger partial charge in [-0.05, 0) is 32.3 Å². The van der Waals surface area contributed by atoms with E-state index in [4.69, 9.17) is 23.2 Å². The van der Waals surface area contributed by atoms with Gasteiger partial charge in [0.2, 0.25) is 0 Å². The van der Waals surface area contributed by atoms with E-state index in [1.54, 1.807) is 6.07 Å². The van der Waals surface area contributed by atoms with Gasteiger partial charge in [-0.25, -0.2) is 0 Å². The predicted molar refractivity (Wildman–Crippen MR) is 68.9 cm³/mol. The Morgan fingerprint density at radius 1 is 1.44 bits per heavy atom. The number of anilines is 1. The summed E-state index contributed by atoms with van der Waals surface area (Å²) in [4.78, 5) is 0. The number of aromatic hydroxyl groups is 1. The van der Waals surface area contributed by atoms with E-state index in [0.717, 1.165) is 17.7 Å². The molecule has 2 nitrogen and oxygen atoms in total. The lowest BCUT2D eigenvalue weighted by atomic mass is 9.82. The number of hydrogen-bond acceptors (Lipinski definition) is 2. The summed E-state index contributed by atoms with van der Waals surface area (Å²) in [5.74, 6) is 0.289. The van der Waals surface area contributed by atoms with Crippen molar-refractivity contribution in [2.75, 3.05) is 5.32 Å². The van der Waals surface area contributed by atoms with Gasteiger partial charge in [0.25, 0.3) is 0 Å².